The Hall–Kier alpha value is -1.36. The molecule has 0 unspecified atom stereocenters. The third kappa shape index (κ3) is 2.84. The zero-order valence-corrected chi connectivity index (χ0v) is 13.3. The van der Waals surface area contributed by atoms with Crippen LogP contribution < -0.4 is 4.90 Å². The first-order valence-electron chi connectivity index (χ1n) is 7.39. The molecule has 0 aromatic heterocycles. The molecule has 1 N–H and O–H groups in total. The number of amides is 1. The van der Waals surface area contributed by atoms with Crippen LogP contribution in [0.4, 0.5) is 5.69 Å². The van der Waals surface area contributed by atoms with E-state index >= 15 is 0 Å². The lowest BCUT2D eigenvalue weighted by Gasteiger charge is -2.29. The number of aliphatic carboxylic acids is 1. The van der Waals surface area contributed by atoms with Crippen molar-refractivity contribution >= 4 is 33.5 Å². The second-order valence-electron chi connectivity index (χ2n) is 5.90. The Morgan fingerprint density at radius 3 is 2.48 bits per heavy atom. The van der Waals surface area contributed by atoms with E-state index < -0.39 is 5.97 Å². The maximum absolute atomic E-state index is 12.7. The second-order valence-corrected chi connectivity index (χ2v) is 6.82. The molecule has 21 heavy (non-hydrogen) atoms. The Morgan fingerprint density at radius 2 is 1.81 bits per heavy atom. The molecule has 112 valence electrons. The molecule has 2 aliphatic rings. The number of nitrogens with zero attached hydrogens (tertiary/aromatic N) is 1. The normalized spacial score (nSPS) is 24.7. The van der Waals surface area contributed by atoms with Crippen LogP contribution in [0.15, 0.2) is 22.7 Å². The number of fused-ring (bicyclic) bond motifs is 1. The highest BCUT2D eigenvalue weighted by atomic mass is 79.9. The zero-order valence-electron chi connectivity index (χ0n) is 11.7. The van der Waals surface area contributed by atoms with Gasteiger partial charge >= 0.3 is 5.97 Å². The number of hydrogen-bond acceptors (Lipinski definition) is 2. The number of carbonyl (C=O) groups excluding carboxylic acids is 1. The molecule has 1 aromatic carbocycles. The summed E-state index contributed by atoms with van der Waals surface area (Å²) in [5.41, 5.74) is 2.22. The number of halogens is 1. The van der Waals surface area contributed by atoms with E-state index in [4.69, 9.17) is 5.11 Å². The monoisotopic (exact) mass is 351 g/mol. The van der Waals surface area contributed by atoms with Gasteiger partial charge in [0.05, 0.1) is 5.92 Å². The number of carboxylic acids is 1. The lowest BCUT2D eigenvalue weighted by molar-refractivity contribution is -0.144. The molecule has 0 bridgehead atoms. The Kier molecular flexibility index (Phi) is 4.02. The van der Waals surface area contributed by atoms with Crippen molar-refractivity contribution in [2.24, 2.45) is 11.8 Å². The molecular formula is C16H18BrNO3. The van der Waals surface area contributed by atoms with E-state index in [0.29, 0.717) is 25.7 Å². The number of carbonyl (C=O) groups is 2. The lowest BCUT2D eigenvalue weighted by Crippen LogP contribution is -2.37. The number of rotatable bonds is 2. The second kappa shape index (κ2) is 5.79. The summed E-state index contributed by atoms with van der Waals surface area (Å²) >= 11 is 3.46. The van der Waals surface area contributed by atoms with Crippen molar-refractivity contribution in [1.82, 2.24) is 0 Å². The van der Waals surface area contributed by atoms with Crippen LogP contribution in [0.1, 0.15) is 31.2 Å². The Labute approximate surface area is 132 Å². The van der Waals surface area contributed by atoms with E-state index in [9.17, 15) is 9.59 Å². The molecule has 0 spiro atoms. The summed E-state index contributed by atoms with van der Waals surface area (Å²) in [5, 5.41) is 9.03. The predicted molar refractivity (Wildman–Crippen MR) is 83.3 cm³/mol. The molecule has 1 aliphatic carbocycles. The van der Waals surface area contributed by atoms with Gasteiger partial charge in [0.15, 0.2) is 0 Å². The van der Waals surface area contributed by atoms with E-state index in [1.165, 1.54) is 5.56 Å². The number of hydrogen-bond donors (Lipinski definition) is 1. The van der Waals surface area contributed by atoms with Gasteiger partial charge in [0.1, 0.15) is 0 Å². The topological polar surface area (TPSA) is 57.6 Å². The average molecular weight is 352 g/mol. The third-order valence-corrected chi connectivity index (χ3v) is 5.12. The fraction of sp³-hybridized carbons (Fsp3) is 0.500. The molecule has 1 fully saturated rings. The summed E-state index contributed by atoms with van der Waals surface area (Å²) in [4.78, 5) is 25.6. The van der Waals surface area contributed by atoms with Gasteiger partial charge < -0.3 is 10.0 Å². The summed E-state index contributed by atoms with van der Waals surface area (Å²) in [6, 6.07) is 6.03. The van der Waals surface area contributed by atoms with Crippen molar-refractivity contribution in [2.45, 2.75) is 32.1 Å². The molecule has 1 aliphatic heterocycles. The van der Waals surface area contributed by atoms with Gasteiger partial charge in [-0.2, -0.15) is 0 Å². The number of carboxylic acid groups (broad SMARTS) is 1. The number of anilines is 1. The predicted octanol–water partition coefficient (Wildman–Crippen LogP) is 3.23. The minimum absolute atomic E-state index is 0.0183. The van der Waals surface area contributed by atoms with Crippen LogP contribution in [0.3, 0.4) is 0 Å². The molecule has 1 saturated carbocycles. The van der Waals surface area contributed by atoms with Crippen molar-refractivity contribution in [1.29, 1.82) is 0 Å². The van der Waals surface area contributed by atoms with E-state index in [-0.39, 0.29) is 17.7 Å². The fourth-order valence-electron chi connectivity index (χ4n) is 3.41. The summed E-state index contributed by atoms with van der Waals surface area (Å²) in [6.07, 6.45) is 3.51. The molecule has 1 aromatic rings. The Morgan fingerprint density at radius 1 is 1.14 bits per heavy atom. The first-order chi connectivity index (χ1) is 10.1. The largest absolute Gasteiger partial charge is 0.481 e. The smallest absolute Gasteiger partial charge is 0.306 e. The highest BCUT2D eigenvalue weighted by Gasteiger charge is 2.34. The SMILES string of the molecule is O=C(O)C1CCC(C(=O)N2CCc3cc(Br)ccc32)CC1. The lowest BCUT2D eigenvalue weighted by atomic mass is 9.81. The van der Waals surface area contributed by atoms with Crippen LogP contribution >= 0.6 is 15.9 Å². The van der Waals surface area contributed by atoms with Crippen molar-refractivity contribution in [2.75, 3.05) is 11.4 Å². The van der Waals surface area contributed by atoms with E-state index in [0.717, 1.165) is 23.1 Å². The molecule has 0 atom stereocenters. The van der Waals surface area contributed by atoms with Gasteiger partial charge in [-0.3, -0.25) is 9.59 Å². The van der Waals surface area contributed by atoms with Gasteiger partial charge in [-0.25, -0.2) is 0 Å². The van der Waals surface area contributed by atoms with Crippen molar-refractivity contribution in [3.05, 3.63) is 28.2 Å². The Balaban J connectivity index is 1.70. The van der Waals surface area contributed by atoms with Crippen LogP contribution in [0.25, 0.3) is 0 Å². The van der Waals surface area contributed by atoms with Crippen LogP contribution in [0, 0.1) is 11.8 Å². The quantitative estimate of drug-likeness (QED) is 0.889. The van der Waals surface area contributed by atoms with Gasteiger partial charge in [-0.1, -0.05) is 15.9 Å². The van der Waals surface area contributed by atoms with Crippen molar-refractivity contribution in [3.63, 3.8) is 0 Å². The first-order valence-corrected chi connectivity index (χ1v) is 8.18. The third-order valence-electron chi connectivity index (χ3n) is 4.63. The van der Waals surface area contributed by atoms with Crippen LogP contribution in [0.2, 0.25) is 0 Å². The minimum Gasteiger partial charge on any atom is -0.481 e. The van der Waals surface area contributed by atoms with Gasteiger partial charge in [0, 0.05) is 22.6 Å². The Bertz CT molecular complexity index is 579. The van der Waals surface area contributed by atoms with Gasteiger partial charge in [-0.15, -0.1) is 0 Å². The van der Waals surface area contributed by atoms with Gasteiger partial charge in [0.2, 0.25) is 5.91 Å². The minimum atomic E-state index is -0.725. The molecule has 1 amide bonds. The fourth-order valence-corrected chi connectivity index (χ4v) is 3.82. The molecule has 0 radical (unpaired) electrons. The molecule has 4 nitrogen and oxygen atoms in total. The van der Waals surface area contributed by atoms with Gasteiger partial charge in [0.25, 0.3) is 0 Å². The zero-order chi connectivity index (χ0) is 15.0. The molecular weight excluding hydrogens is 334 g/mol. The maximum Gasteiger partial charge on any atom is 0.306 e. The van der Waals surface area contributed by atoms with E-state index in [2.05, 4.69) is 22.0 Å². The summed E-state index contributed by atoms with van der Waals surface area (Å²) < 4.78 is 1.04. The summed E-state index contributed by atoms with van der Waals surface area (Å²) in [7, 11) is 0. The molecule has 3 rings (SSSR count). The van der Waals surface area contributed by atoms with Gasteiger partial charge in [-0.05, 0) is 55.9 Å². The number of benzene rings is 1. The average Bonchev–Trinajstić information content (AvgIpc) is 2.89. The standard InChI is InChI=1S/C16H18BrNO3/c17-13-5-6-14-12(9-13)7-8-18(14)15(19)10-1-3-11(4-2-10)16(20)21/h5-6,9-11H,1-4,7-8H2,(H,20,21). The molecule has 5 heteroatoms. The first kappa shape index (κ1) is 14.6. The molecule has 1 heterocycles. The van der Waals surface area contributed by atoms with Crippen LogP contribution in [0.5, 0.6) is 0 Å². The summed E-state index contributed by atoms with van der Waals surface area (Å²) in [5.74, 6) is -0.844. The van der Waals surface area contributed by atoms with Crippen LogP contribution in [-0.2, 0) is 16.0 Å². The van der Waals surface area contributed by atoms with Crippen molar-refractivity contribution < 1.29 is 14.7 Å². The highest BCUT2D eigenvalue weighted by Crippen LogP contribution is 2.35. The molecule has 0 saturated heterocycles. The van der Waals surface area contributed by atoms with E-state index in [1.807, 2.05) is 17.0 Å². The summed E-state index contributed by atoms with van der Waals surface area (Å²) in [6.45, 7) is 0.740. The van der Waals surface area contributed by atoms with Crippen molar-refractivity contribution in [3.8, 4) is 0 Å². The maximum atomic E-state index is 12.7. The van der Waals surface area contributed by atoms with E-state index in [1.54, 1.807) is 0 Å². The van der Waals surface area contributed by atoms with Crippen LogP contribution in [-0.4, -0.2) is 23.5 Å². The highest BCUT2D eigenvalue weighted by molar-refractivity contribution is 9.10.